The highest BCUT2D eigenvalue weighted by molar-refractivity contribution is 5.47. The number of nitrogens with one attached hydrogen (secondary N) is 2. The maximum atomic E-state index is 4.49. The fourth-order valence-electron chi connectivity index (χ4n) is 2.09. The highest BCUT2D eigenvalue weighted by atomic mass is 15.2. The molecule has 0 aliphatic carbocycles. The standard InChI is InChI=1S/C14H27N5/c1-10(2)7-12(9-19(5)6)17-13-11(3)8-16-14(15-4)18-13/h8,10,12H,7,9H2,1-6H3,(H2,15,16,17,18). The summed E-state index contributed by atoms with van der Waals surface area (Å²) in [5.41, 5.74) is 1.08. The largest absolute Gasteiger partial charge is 0.366 e. The molecule has 0 aliphatic heterocycles. The van der Waals surface area contributed by atoms with Crippen molar-refractivity contribution in [2.24, 2.45) is 5.92 Å². The van der Waals surface area contributed by atoms with Crippen LogP contribution in [0.3, 0.4) is 0 Å². The summed E-state index contributed by atoms with van der Waals surface area (Å²) in [6, 6.07) is 0.397. The van der Waals surface area contributed by atoms with E-state index >= 15 is 0 Å². The molecule has 0 saturated carbocycles. The molecular weight excluding hydrogens is 238 g/mol. The highest BCUT2D eigenvalue weighted by Gasteiger charge is 2.14. The lowest BCUT2D eigenvalue weighted by Crippen LogP contribution is -2.34. The molecule has 0 aliphatic rings. The van der Waals surface area contributed by atoms with Crippen LogP contribution in [0.1, 0.15) is 25.8 Å². The number of aromatic nitrogens is 2. The van der Waals surface area contributed by atoms with Gasteiger partial charge in [0, 0.05) is 31.4 Å². The van der Waals surface area contributed by atoms with Crippen molar-refractivity contribution in [2.75, 3.05) is 38.3 Å². The Kier molecular flexibility index (Phi) is 6.02. The predicted molar refractivity (Wildman–Crippen MR) is 81.7 cm³/mol. The normalized spacial score (nSPS) is 12.8. The van der Waals surface area contributed by atoms with Gasteiger partial charge in [0.1, 0.15) is 5.82 Å². The van der Waals surface area contributed by atoms with Crippen LogP contribution in [0.15, 0.2) is 6.20 Å². The molecule has 0 saturated heterocycles. The average Bonchev–Trinajstić information content (AvgIpc) is 2.30. The van der Waals surface area contributed by atoms with E-state index in [1.807, 2.05) is 20.2 Å². The van der Waals surface area contributed by atoms with Gasteiger partial charge in [-0.3, -0.25) is 0 Å². The van der Waals surface area contributed by atoms with Gasteiger partial charge >= 0.3 is 0 Å². The van der Waals surface area contributed by atoms with Crippen LogP contribution in [0.2, 0.25) is 0 Å². The number of aryl methyl sites for hydroxylation is 1. The molecule has 1 unspecified atom stereocenters. The molecule has 0 aromatic carbocycles. The van der Waals surface area contributed by atoms with Gasteiger partial charge in [0.05, 0.1) is 0 Å². The van der Waals surface area contributed by atoms with Crippen molar-refractivity contribution < 1.29 is 0 Å². The van der Waals surface area contributed by atoms with Crippen LogP contribution in [0.5, 0.6) is 0 Å². The van der Waals surface area contributed by atoms with Gasteiger partial charge in [-0.2, -0.15) is 4.98 Å². The first-order valence-corrected chi connectivity index (χ1v) is 6.85. The molecule has 0 spiro atoms. The number of rotatable bonds is 7. The molecule has 0 fully saturated rings. The van der Waals surface area contributed by atoms with Gasteiger partial charge in [0.25, 0.3) is 0 Å². The van der Waals surface area contributed by atoms with Crippen LogP contribution in [0.25, 0.3) is 0 Å². The average molecular weight is 265 g/mol. The first-order valence-electron chi connectivity index (χ1n) is 6.85. The Morgan fingerprint density at radius 3 is 2.53 bits per heavy atom. The SMILES string of the molecule is CNc1ncc(C)c(NC(CC(C)C)CN(C)C)n1. The zero-order valence-corrected chi connectivity index (χ0v) is 13.0. The van der Waals surface area contributed by atoms with Crippen LogP contribution in [-0.2, 0) is 0 Å². The second-order valence-corrected chi connectivity index (χ2v) is 5.71. The lowest BCUT2D eigenvalue weighted by molar-refractivity contribution is 0.356. The number of hydrogen-bond acceptors (Lipinski definition) is 5. The lowest BCUT2D eigenvalue weighted by atomic mass is 10.0. The summed E-state index contributed by atoms with van der Waals surface area (Å²) >= 11 is 0. The van der Waals surface area contributed by atoms with Gasteiger partial charge in [0.15, 0.2) is 0 Å². The molecule has 0 radical (unpaired) electrons. The molecule has 0 amide bonds. The van der Waals surface area contributed by atoms with Crippen molar-refractivity contribution in [3.8, 4) is 0 Å². The van der Waals surface area contributed by atoms with E-state index in [9.17, 15) is 0 Å². The minimum atomic E-state index is 0.397. The van der Waals surface area contributed by atoms with E-state index in [-0.39, 0.29) is 0 Å². The third-order valence-electron chi connectivity index (χ3n) is 2.88. The fourth-order valence-corrected chi connectivity index (χ4v) is 2.09. The zero-order valence-electron chi connectivity index (χ0n) is 13.0. The Balaban J connectivity index is 2.82. The summed E-state index contributed by atoms with van der Waals surface area (Å²) in [6.45, 7) is 7.52. The van der Waals surface area contributed by atoms with E-state index in [4.69, 9.17) is 0 Å². The summed E-state index contributed by atoms with van der Waals surface area (Å²) in [6.07, 6.45) is 2.97. The van der Waals surface area contributed by atoms with Crippen molar-refractivity contribution in [3.05, 3.63) is 11.8 Å². The summed E-state index contributed by atoms with van der Waals surface area (Å²) in [5.74, 6) is 2.23. The van der Waals surface area contributed by atoms with Crippen LogP contribution in [-0.4, -0.2) is 48.6 Å². The molecule has 0 bridgehead atoms. The van der Waals surface area contributed by atoms with Crippen molar-refractivity contribution in [2.45, 2.75) is 33.2 Å². The minimum absolute atomic E-state index is 0.397. The Hall–Kier alpha value is -1.36. The maximum Gasteiger partial charge on any atom is 0.224 e. The van der Waals surface area contributed by atoms with Gasteiger partial charge in [-0.15, -0.1) is 0 Å². The third kappa shape index (κ3) is 5.42. The fraction of sp³-hybridized carbons (Fsp3) is 0.714. The van der Waals surface area contributed by atoms with Crippen LogP contribution in [0, 0.1) is 12.8 Å². The molecule has 1 heterocycles. The summed E-state index contributed by atoms with van der Waals surface area (Å²) < 4.78 is 0. The van der Waals surface area contributed by atoms with Crippen LogP contribution < -0.4 is 10.6 Å². The van der Waals surface area contributed by atoms with Gasteiger partial charge in [-0.1, -0.05) is 13.8 Å². The molecule has 5 heteroatoms. The second kappa shape index (κ2) is 7.28. The molecular formula is C14H27N5. The molecule has 5 nitrogen and oxygen atoms in total. The third-order valence-corrected chi connectivity index (χ3v) is 2.88. The van der Waals surface area contributed by atoms with Crippen molar-refractivity contribution in [1.82, 2.24) is 14.9 Å². The minimum Gasteiger partial charge on any atom is -0.366 e. The van der Waals surface area contributed by atoms with Crippen molar-refractivity contribution in [3.63, 3.8) is 0 Å². The number of nitrogens with zero attached hydrogens (tertiary/aromatic N) is 3. The lowest BCUT2D eigenvalue weighted by Gasteiger charge is -2.25. The van der Waals surface area contributed by atoms with E-state index in [1.54, 1.807) is 0 Å². The first-order chi connectivity index (χ1) is 8.92. The molecule has 1 atom stereocenters. The number of likely N-dealkylation sites (N-methyl/N-ethyl adjacent to an activating group) is 1. The first kappa shape index (κ1) is 15.7. The molecule has 1 aromatic heterocycles. The predicted octanol–water partition coefficient (Wildman–Crippen LogP) is 2.21. The van der Waals surface area contributed by atoms with E-state index < -0.39 is 0 Å². The molecule has 19 heavy (non-hydrogen) atoms. The van der Waals surface area contributed by atoms with Gasteiger partial charge in [0.2, 0.25) is 5.95 Å². The van der Waals surface area contributed by atoms with Crippen molar-refractivity contribution in [1.29, 1.82) is 0 Å². The van der Waals surface area contributed by atoms with E-state index in [0.717, 1.165) is 24.3 Å². The zero-order chi connectivity index (χ0) is 14.4. The van der Waals surface area contributed by atoms with E-state index in [0.29, 0.717) is 17.9 Å². The second-order valence-electron chi connectivity index (χ2n) is 5.71. The highest BCUT2D eigenvalue weighted by Crippen LogP contribution is 2.16. The number of hydrogen-bond donors (Lipinski definition) is 2. The Morgan fingerprint density at radius 2 is 2.00 bits per heavy atom. The summed E-state index contributed by atoms with van der Waals surface area (Å²) in [7, 11) is 6.03. The monoisotopic (exact) mass is 265 g/mol. The van der Waals surface area contributed by atoms with Crippen LogP contribution >= 0.6 is 0 Å². The van der Waals surface area contributed by atoms with Gasteiger partial charge < -0.3 is 15.5 Å². The Bertz CT molecular complexity index is 379. The number of anilines is 2. The van der Waals surface area contributed by atoms with E-state index in [2.05, 4.69) is 53.4 Å². The molecule has 1 rings (SSSR count). The molecule has 2 N–H and O–H groups in total. The Labute approximate surface area is 116 Å². The molecule has 1 aromatic rings. The Morgan fingerprint density at radius 1 is 1.32 bits per heavy atom. The quantitative estimate of drug-likeness (QED) is 0.791. The molecule has 108 valence electrons. The van der Waals surface area contributed by atoms with Gasteiger partial charge in [-0.25, -0.2) is 4.98 Å². The maximum absolute atomic E-state index is 4.49. The summed E-state index contributed by atoms with van der Waals surface area (Å²) in [5, 5.41) is 6.53. The van der Waals surface area contributed by atoms with Gasteiger partial charge in [-0.05, 0) is 33.4 Å². The van der Waals surface area contributed by atoms with E-state index in [1.165, 1.54) is 0 Å². The smallest absolute Gasteiger partial charge is 0.224 e. The topological polar surface area (TPSA) is 53.1 Å². The van der Waals surface area contributed by atoms with Crippen molar-refractivity contribution >= 4 is 11.8 Å². The van der Waals surface area contributed by atoms with Crippen LogP contribution in [0.4, 0.5) is 11.8 Å². The summed E-state index contributed by atoms with van der Waals surface area (Å²) in [4.78, 5) is 10.9.